The molecule has 3 rings (SSSR count). The molecule has 0 aliphatic heterocycles. The average molecular weight is 234 g/mol. The highest BCUT2D eigenvalue weighted by Crippen LogP contribution is 2.67. The Morgan fingerprint density at radius 1 is 1.47 bits per heavy atom. The minimum atomic E-state index is -0.366. The summed E-state index contributed by atoms with van der Waals surface area (Å²) in [6, 6.07) is 0. The predicted octanol–water partition coefficient (Wildman–Crippen LogP) is 2.09. The number of methoxy groups -OCH3 is 1. The third kappa shape index (κ3) is 1.33. The number of rotatable bonds is 3. The van der Waals surface area contributed by atoms with E-state index in [0.717, 1.165) is 0 Å². The van der Waals surface area contributed by atoms with Crippen LogP contribution in [0.3, 0.4) is 0 Å². The van der Waals surface area contributed by atoms with Crippen LogP contribution in [0.4, 0.5) is 0 Å². The van der Waals surface area contributed by atoms with Crippen molar-refractivity contribution >= 4 is 5.78 Å². The second-order valence-electron chi connectivity index (χ2n) is 5.52. The normalized spacial score (nSPS) is 42.8. The molecular formula is C14H18O3. The molecule has 0 aromatic carbocycles. The number of ketones is 1. The van der Waals surface area contributed by atoms with Crippen LogP contribution in [0.15, 0.2) is 23.3 Å². The lowest BCUT2D eigenvalue weighted by molar-refractivity contribution is -0.148. The van der Waals surface area contributed by atoms with Crippen LogP contribution in [0.5, 0.6) is 0 Å². The molecule has 0 N–H and O–H groups in total. The predicted molar refractivity (Wildman–Crippen MR) is 63.3 cm³/mol. The van der Waals surface area contributed by atoms with Gasteiger partial charge in [-0.1, -0.05) is 18.6 Å². The smallest absolute Gasteiger partial charge is 0.185 e. The molecule has 0 bridgehead atoms. The van der Waals surface area contributed by atoms with Gasteiger partial charge in [0.15, 0.2) is 5.78 Å². The summed E-state index contributed by atoms with van der Waals surface area (Å²) in [7, 11) is 1.59. The number of allylic oxidation sites excluding steroid dienone is 2. The third-order valence-electron chi connectivity index (χ3n) is 4.69. The second kappa shape index (κ2) is 3.53. The largest absolute Gasteiger partial charge is 0.359 e. The molecule has 0 amide bonds. The summed E-state index contributed by atoms with van der Waals surface area (Å²) < 4.78 is 10.6. The lowest BCUT2D eigenvalue weighted by Gasteiger charge is -2.38. The summed E-state index contributed by atoms with van der Waals surface area (Å²) in [5, 5.41) is 0. The van der Waals surface area contributed by atoms with Crippen LogP contribution >= 0.6 is 0 Å². The van der Waals surface area contributed by atoms with Gasteiger partial charge in [-0.15, -0.1) is 0 Å². The Kier molecular flexibility index (Phi) is 2.32. The molecular weight excluding hydrogens is 216 g/mol. The first-order valence-electron chi connectivity index (χ1n) is 6.14. The van der Waals surface area contributed by atoms with Crippen molar-refractivity contribution < 1.29 is 14.3 Å². The zero-order chi connectivity index (χ0) is 12.2. The van der Waals surface area contributed by atoms with Crippen LogP contribution in [0.25, 0.3) is 0 Å². The van der Waals surface area contributed by atoms with Crippen LogP contribution in [-0.4, -0.2) is 25.8 Å². The van der Waals surface area contributed by atoms with Gasteiger partial charge in [0.05, 0.1) is 0 Å². The summed E-state index contributed by atoms with van der Waals surface area (Å²) >= 11 is 0. The van der Waals surface area contributed by atoms with Crippen molar-refractivity contribution in [3.8, 4) is 0 Å². The molecule has 0 radical (unpaired) electrons. The lowest BCUT2D eigenvalue weighted by atomic mass is 9.70. The Morgan fingerprint density at radius 3 is 2.94 bits per heavy atom. The van der Waals surface area contributed by atoms with Crippen molar-refractivity contribution in [1.29, 1.82) is 0 Å². The van der Waals surface area contributed by atoms with Gasteiger partial charge in [0.2, 0.25) is 0 Å². The quantitative estimate of drug-likeness (QED) is 0.701. The minimum Gasteiger partial charge on any atom is -0.359 e. The first-order valence-corrected chi connectivity index (χ1v) is 6.14. The molecule has 1 fully saturated rings. The van der Waals surface area contributed by atoms with Crippen molar-refractivity contribution in [2.24, 2.45) is 17.3 Å². The van der Waals surface area contributed by atoms with Crippen molar-refractivity contribution in [2.75, 3.05) is 13.9 Å². The Bertz CT molecular complexity index is 435. The number of hydrogen-bond acceptors (Lipinski definition) is 3. The first-order chi connectivity index (χ1) is 8.10. The van der Waals surface area contributed by atoms with Gasteiger partial charge in [-0.25, -0.2) is 0 Å². The Morgan fingerprint density at radius 2 is 2.24 bits per heavy atom. The van der Waals surface area contributed by atoms with Crippen molar-refractivity contribution in [3.63, 3.8) is 0 Å². The molecule has 0 spiro atoms. The van der Waals surface area contributed by atoms with E-state index < -0.39 is 0 Å². The maximum Gasteiger partial charge on any atom is 0.185 e. The van der Waals surface area contributed by atoms with E-state index in [-0.39, 0.29) is 24.1 Å². The highest BCUT2D eigenvalue weighted by molar-refractivity contribution is 5.97. The van der Waals surface area contributed by atoms with E-state index in [1.165, 1.54) is 17.6 Å². The van der Waals surface area contributed by atoms with Gasteiger partial charge in [0, 0.05) is 12.5 Å². The summed E-state index contributed by atoms with van der Waals surface area (Å²) in [5.41, 5.74) is 2.64. The van der Waals surface area contributed by atoms with E-state index in [1.54, 1.807) is 13.2 Å². The summed E-state index contributed by atoms with van der Waals surface area (Å²) in [4.78, 5) is 12.0. The van der Waals surface area contributed by atoms with E-state index in [0.29, 0.717) is 11.8 Å². The number of ether oxygens (including phenoxy) is 2. The van der Waals surface area contributed by atoms with Crippen LogP contribution in [0.2, 0.25) is 0 Å². The molecule has 0 unspecified atom stereocenters. The molecule has 4 atom stereocenters. The monoisotopic (exact) mass is 234 g/mol. The standard InChI is InChI=1S/C14H18O3/c1-8-9-6-11(9)14(2)10(8)4-5-12(15)13(14)17-7-16-3/h4-5,9,11,13H,6-7H2,1-3H3/t9-,11-,13-,14-/m1/s1. The highest BCUT2D eigenvalue weighted by atomic mass is 16.7. The van der Waals surface area contributed by atoms with E-state index >= 15 is 0 Å². The Balaban J connectivity index is 1.99. The zero-order valence-corrected chi connectivity index (χ0v) is 10.5. The van der Waals surface area contributed by atoms with Gasteiger partial charge < -0.3 is 9.47 Å². The first kappa shape index (κ1) is 11.2. The van der Waals surface area contributed by atoms with Crippen LogP contribution < -0.4 is 0 Å². The van der Waals surface area contributed by atoms with Crippen LogP contribution in [0.1, 0.15) is 20.3 Å². The average Bonchev–Trinajstić information content (AvgIpc) is 3.04. The number of hydrogen-bond donors (Lipinski definition) is 0. The lowest BCUT2D eigenvalue weighted by Crippen LogP contribution is -2.44. The third-order valence-corrected chi connectivity index (χ3v) is 4.69. The molecule has 0 aromatic heterocycles. The molecule has 3 aliphatic carbocycles. The van der Waals surface area contributed by atoms with E-state index in [4.69, 9.17) is 9.47 Å². The van der Waals surface area contributed by atoms with E-state index in [2.05, 4.69) is 13.8 Å². The number of carbonyl (C=O) groups excluding carboxylic acids is 1. The minimum absolute atomic E-state index is 0.0775. The Hall–Kier alpha value is -0.930. The van der Waals surface area contributed by atoms with E-state index in [1.807, 2.05) is 6.08 Å². The maximum absolute atomic E-state index is 12.0. The van der Waals surface area contributed by atoms with Crippen molar-refractivity contribution in [3.05, 3.63) is 23.3 Å². The SMILES string of the molecule is COCO[C@@H]1C(=O)C=CC2=C(C)[C@H]3C[C@H]3[C@@]21C. The van der Waals surface area contributed by atoms with Gasteiger partial charge in [-0.2, -0.15) is 0 Å². The van der Waals surface area contributed by atoms with E-state index in [9.17, 15) is 4.79 Å². The summed E-state index contributed by atoms with van der Waals surface area (Å²) in [5.74, 6) is 1.35. The fourth-order valence-electron chi connectivity index (χ4n) is 3.75. The molecule has 92 valence electrons. The molecule has 1 saturated carbocycles. The second-order valence-corrected chi connectivity index (χ2v) is 5.52. The fraction of sp³-hybridized carbons (Fsp3) is 0.643. The van der Waals surface area contributed by atoms with Gasteiger partial charge >= 0.3 is 0 Å². The van der Waals surface area contributed by atoms with Crippen LogP contribution in [0, 0.1) is 17.3 Å². The molecule has 0 aromatic rings. The summed E-state index contributed by atoms with van der Waals surface area (Å²) in [6.07, 6.45) is 4.50. The molecule has 3 nitrogen and oxygen atoms in total. The summed E-state index contributed by atoms with van der Waals surface area (Å²) in [6.45, 7) is 4.55. The number of carbonyl (C=O) groups is 1. The molecule has 3 heteroatoms. The molecule has 17 heavy (non-hydrogen) atoms. The topological polar surface area (TPSA) is 35.5 Å². The molecule has 3 aliphatic rings. The highest BCUT2D eigenvalue weighted by Gasteiger charge is 2.63. The maximum atomic E-state index is 12.0. The Labute approximate surface area is 101 Å². The zero-order valence-electron chi connectivity index (χ0n) is 10.5. The van der Waals surface area contributed by atoms with Crippen molar-refractivity contribution in [1.82, 2.24) is 0 Å². The van der Waals surface area contributed by atoms with Gasteiger partial charge in [0.1, 0.15) is 12.9 Å². The van der Waals surface area contributed by atoms with Gasteiger partial charge in [-0.05, 0) is 36.8 Å². The van der Waals surface area contributed by atoms with Gasteiger partial charge in [0.25, 0.3) is 0 Å². The van der Waals surface area contributed by atoms with Crippen LogP contribution in [-0.2, 0) is 14.3 Å². The van der Waals surface area contributed by atoms with Gasteiger partial charge in [-0.3, -0.25) is 4.79 Å². The fourth-order valence-corrected chi connectivity index (χ4v) is 3.75. The number of fused-ring (bicyclic) bond motifs is 3. The molecule has 0 heterocycles. The molecule has 0 saturated heterocycles. The van der Waals surface area contributed by atoms with Crippen molar-refractivity contribution in [2.45, 2.75) is 26.4 Å².